The molecule has 1 aromatic heterocycles. The summed E-state index contributed by atoms with van der Waals surface area (Å²) in [5.41, 5.74) is 2.54. The van der Waals surface area contributed by atoms with E-state index in [1.807, 2.05) is 18.2 Å². The number of fused-ring (bicyclic) bond motifs is 1. The number of carbonyl (C=O) groups excluding carboxylic acids is 3. The second kappa shape index (κ2) is 11.9. The Hall–Kier alpha value is -3.58. The lowest BCUT2D eigenvalue weighted by Crippen LogP contribution is -2.38. The molecule has 5 rings (SSSR count). The topological polar surface area (TPSA) is 128 Å². The fourth-order valence-electron chi connectivity index (χ4n) is 5.02. The van der Waals surface area contributed by atoms with Crippen molar-refractivity contribution in [2.24, 2.45) is 0 Å². The van der Waals surface area contributed by atoms with Gasteiger partial charge in [-0.05, 0) is 54.7 Å². The Bertz CT molecular complexity index is 1510. The van der Waals surface area contributed by atoms with Crippen molar-refractivity contribution in [2.45, 2.75) is 37.2 Å². The van der Waals surface area contributed by atoms with Crippen LogP contribution >= 0.6 is 11.3 Å². The largest absolute Gasteiger partial charge is 0.341 e. The average Bonchev–Trinajstić information content (AvgIpc) is 3.62. The van der Waals surface area contributed by atoms with Crippen LogP contribution in [-0.4, -0.2) is 62.2 Å². The number of sulfonamides is 1. The summed E-state index contributed by atoms with van der Waals surface area (Å²) < 4.78 is 27.1. The van der Waals surface area contributed by atoms with Gasteiger partial charge < -0.3 is 10.6 Å². The molecule has 0 spiro atoms. The lowest BCUT2D eigenvalue weighted by molar-refractivity contribution is 0.0964. The highest BCUT2D eigenvalue weighted by Gasteiger charge is 2.30. The van der Waals surface area contributed by atoms with Crippen molar-refractivity contribution in [2.75, 3.05) is 32.0 Å². The van der Waals surface area contributed by atoms with E-state index in [1.165, 1.54) is 52.5 Å². The molecule has 3 aromatic rings. The molecule has 2 aliphatic rings. The van der Waals surface area contributed by atoms with Gasteiger partial charge in [-0.1, -0.05) is 30.3 Å². The minimum absolute atomic E-state index is 0.140. The molecule has 0 unspecified atom stereocenters. The molecule has 3 N–H and O–H groups in total. The van der Waals surface area contributed by atoms with Gasteiger partial charge >= 0.3 is 6.03 Å². The summed E-state index contributed by atoms with van der Waals surface area (Å²) in [6, 6.07) is 15.3. The average molecular weight is 582 g/mol. The van der Waals surface area contributed by atoms with E-state index in [2.05, 4.69) is 33.0 Å². The molecule has 0 aliphatic carbocycles. The first-order chi connectivity index (χ1) is 19.3. The van der Waals surface area contributed by atoms with E-state index in [9.17, 15) is 22.8 Å². The van der Waals surface area contributed by atoms with E-state index in [1.54, 1.807) is 0 Å². The molecule has 12 heteroatoms. The van der Waals surface area contributed by atoms with Gasteiger partial charge in [0.2, 0.25) is 10.0 Å². The summed E-state index contributed by atoms with van der Waals surface area (Å²) >= 11 is 1.32. The lowest BCUT2D eigenvalue weighted by Gasteiger charge is -2.27. The fraction of sp³-hybridized carbons (Fsp3) is 0.321. The van der Waals surface area contributed by atoms with Crippen molar-refractivity contribution < 1.29 is 22.8 Å². The Morgan fingerprint density at radius 1 is 0.925 bits per heavy atom. The number of amides is 4. The van der Waals surface area contributed by atoms with Crippen molar-refractivity contribution in [3.05, 3.63) is 81.7 Å². The van der Waals surface area contributed by atoms with Crippen LogP contribution in [0.2, 0.25) is 0 Å². The maximum absolute atomic E-state index is 13.2. The molecular formula is C28H31N5O5S2. The summed E-state index contributed by atoms with van der Waals surface area (Å²) in [4.78, 5) is 41.6. The van der Waals surface area contributed by atoms with Crippen LogP contribution in [0, 0.1) is 0 Å². The van der Waals surface area contributed by atoms with Gasteiger partial charge in [0.05, 0.1) is 10.5 Å². The summed E-state index contributed by atoms with van der Waals surface area (Å²) in [6.07, 6.45) is 2.27. The molecular weight excluding hydrogens is 550 g/mol. The number of carbonyl (C=O) groups is 3. The van der Waals surface area contributed by atoms with E-state index in [-0.39, 0.29) is 16.0 Å². The van der Waals surface area contributed by atoms with Crippen LogP contribution in [0.3, 0.4) is 0 Å². The second-order valence-electron chi connectivity index (χ2n) is 9.78. The number of nitrogens with one attached hydrogen (secondary N) is 3. The van der Waals surface area contributed by atoms with Gasteiger partial charge in [0.25, 0.3) is 11.8 Å². The number of benzene rings is 2. The number of urea groups is 1. The van der Waals surface area contributed by atoms with Gasteiger partial charge in [0.1, 0.15) is 5.00 Å². The zero-order chi connectivity index (χ0) is 28.3. The normalized spacial score (nSPS) is 15.8. The molecule has 2 aromatic carbocycles. The van der Waals surface area contributed by atoms with Crippen LogP contribution in [-0.2, 0) is 29.5 Å². The van der Waals surface area contributed by atoms with Crippen molar-refractivity contribution in [3.63, 3.8) is 0 Å². The first kappa shape index (κ1) is 28.0. The SMILES string of the molecule is CNC(=O)NC(=O)c1c(NC(=O)c2ccc(S(=O)(=O)N3CCCC3)cc2)sc2c1CCN(Cc1ccccc1)C2. The summed E-state index contributed by atoms with van der Waals surface area (Å²) in [5.74, 6) is -1.06. The molecule has 210 valence electrons. The highest BCUT2D eigenvalue weighted by Crippen LogP contribution is 2.38. The Labute approximate surface area is 237 Å². The molecule has 1 fully saturated rings. The molecule has 10 nitrogen and oxygen atoms in total. The summed E-state index contributed by atoms with van der Waals surface area (Å²) in [5, 5.41) is 7.90. The van der Waals surface area contributed by atoms with Crippen molar-refractivity contribution in [1.82, 2.24) is 19.8 Å². The van der Waals surface area contributed by atoms with Crippen LogP contribution in [0.4, 0.5) is 9.80 Å². The first-order valence-corrected chi connectivity index (χ1v) is 15.4. The summed E-state index contributed by atoms with van der Waals surface area (Å²) in [7, 11) is -2.17. The van der Waals surface area contributed by atoms with Gasteiger partial charge in [-0.15, -0.1) is 11.3 Å². The van der Waals surface area contributed by atoms with Gasteiger partial charge in [-0.2, -0.15) is 4.31 Å². The number of imide groups is 1. The minimum atomic E-state index is -3.59. The van der Waals surface area contributed by atoms with Gasteiger partial charge in [0.15, 0.2) is 0 Å². The number of anilines is 1. The van der Waals surface area contributed by atoms with E-state index in [0.29, 0.717) is 31.1 Å². The maximum Gasteiger partial charge on any atom is 0.321 e. The molecule has 0 saturated carbocycles. The number of hydrogen-bond donors (Lipinski definition) is 3. The monoisotopic (exact) mass is 581 g/mol. The Kier molecular flexibility index (Phi) is 8.31. The predicted octanol–water partition coefficient (Wildman–Crippen LogP) is 3.41. The Morgan fingerprint density at radius 2 is 1.62 bits per heavy atom. The van der Waals surface area contributed by atoms with E-state index in [0.717, 1.165) is 36.4 Å². The van der Waals surface area contributed by atoms with Crippen molar-refractivity contribution >= 4 is 44.2 Å². The fourth-order valence-corrected chi connectivity index (χ4v) is 7.82. The number of rotatable bonds is 7. The van der Waals surface area contributed by atoms with Gasteiger partial charge in [-0.3, -0.25) is 19.8 Å². The molecule has 0 atom stereocenters. The van der Waals surface area contributed by atoms with E-state index >= 15 is 0 Å². The van der Waals surface area contributed by atoms with Gasteiger partial charge in [-0.25, -0.2) is 13.2 Å². The zero-order valence-electron chi connectivity index (χ0n) is 22.1. The molecule has 3 heterocycles. The van der Waals surface area contributed by atoms with Crippen LogP contribution < -0.4 is 16.0 Å². The third-order valence-corrected chi connectivity index (χ3v) is 10.2. The van der Waals surface area contributed by atoms with E-state index in [4.69, 9.17) is 0 Å². The second-order valence-corrected chi connectivity index (χ2v) is 12.8. The number of thiophene rings is 1. The van der Waals surface area contributed by atoms with Crippen LogP contribution in [0.1, 0.15) is 49.6 Å². The molecule has 0 bridgehead atoms. The molecule has 2 aliphatic heterocycles. The third kappa shape index (κ3) is 5.94. The third-order valence-electron chi connectivity index (χ3n) is 7.11. The Morgan fingerprint density at radius 3 is 2.30 bits per heavy atom. The smallest absolute Gasteiger partial charge is 0.321 e. The molecule has 0 radical (unpaired) electrons. The first-order valence-electron chi connectivity index (χ1n) is 13.1. The molecule has 1 saturated heterocycles. The van der Waals surface area contributed by atoms with Crippen LogP contribution in [0.5, 0.6) is 0 Å². The number of nitrogens with zero attached hydrogens (tertiary/aromatic N) is 2. The standard InChI is InChI=1S/C28H31N5O5S2/c1-29-28(36)31-26(35)24-22-13-16-32(17-19-7-3-2-4-8-19)18-23(22)39-27(24)30-25(34)20-9-11-21(12-10-20)40(37,38)33-14-5-6-15-33/h2-4,7-12H,5-6,13-18H2,1H3,(H,30,34)(H2,29,31,35,36). The van der Waals surface area contributed by atoms with Gasteiger partial charge in [0, 0.05) is 50.2 Å². The zero-order valence-corrected chi connectivity index (χ0v) is 23.7. The summed E-state index contributed by atoms with van der Waals surface area (Å²) in [6.45, 7) is 3.08. The van der Waals surface area contributed by atoms with Crippen LogP contribution in [0.25, 0.3) is 0 Å². The highest BCUT2D eigenvalue weighted by molar-refractivity contribution is 7.89. The van der Waals surface area contributed by atoms with Crippen LogP contribution in [0.15, 0.2) is 59.5 Å². The molecule has 4 amide bonds. The van der Waals surface area contributed by atoms with Crippen molar-refractivity contribution in [3.8, 4) is 0 Å². The van der Waals surface area contributed by atoms with Crippen molar-refractivity contribution in [1.29, 1.82) is 0 Å². The lowest BCUT2D eigenvalue weighted by atomic mass is 10.0. The Balaban J connectivity index is 1.37. The van der Waals surface area contributed by atoms with E-state index < -0.39 is 27.9 Å². The maximum atomic E-state index is 13.2. The highest BCUT2D eigenvalue weighted by atomic mass is 32.2. The number of hydrogen-bond acceptors (Lipinski definition) is 7. The molecule has 40 heavy (non-hydrogen) atoms. The predicted molar refractivity (Wildman–Crippen MR) is 153 cm³/mol. The minimum Gasteiger partial charge on any atom is -0.341 e. The quantitative estimate of drug-likeness (QED) is 0.392.